The standard InChI is InChI=1S/C15H23NO2S/c1-5-9-14(15(17)12(2)3)19(18,16-4)13-10-7-6-8-11-13/h5-12,14-15,17H,1-4H3/b9-5+/t14-,15-,19+/m1/s1. The number of benzene rings is 1. The highest BCUT2D eigenvalue weighted by Gasteiger charge is 2.31. The summed E-state index contributed by atoms with van der Waals surface area (Å²) < 4.78 is 17.3. The zero-order valence-corrected chi connectivity index (χ0v) is 12.8. The molecule has 3 atom stereocenters. The minimum atomic E-state index is -2.66. The van der Waals surface area contributed by atoms with Crippen molar-refractivity contribution in [3.05, 3.63) is 42.5 Å². The van der Waals surface area contributed by atoms with Gasteiger partial charge in [0.1, 0.15) is 0 Å². The van der Waals surface area contributed by atoms with E-state index >= 15 is 0 Å². The molecule has 0 aliphatic rings. The maximum Gasteiger partial charge on any atom is 0.0916 e. The molecule has 4 heteroatoms. The van der Waals surface area contributed by atoms with Gasteiger partial charge >= 0.3 is 0 Å². The lowest BCUT2D eigenvalue weighted by Crippen LogP contribution is -2.36. The highest BCUT2D eigenvalue weighted by Crippen LogP contribution is 2.25. The highest BCUT2D eigenvalue weighted by molar-refractivity contribution is 7.94. The fraction of sp³-hybridized carbons (Fsp3) is 0.467. The molecule has 19 heavy (non-hydrogen) atoms. The third-order valence-electron chi connectivity index (χ3n) is 3.12. The normalized spacial score (nSPS) is 18.2. The zero-order valence-electron chi connectivity index (χ0n) is 12.0. The van der Waals surface area contributed by atoms with Crippen LogP contribution in [0.3, 0.4) is 0 Å². The lowest BCUT2D eigenvalue weighted by atomic mass is 10.0. The fourth-order valence-electron chi connectivity index (χ4n) is 1.98. The summed E-state index contributed by atoms with van der Waals surface area (Å²) in [6.45, 7) is 5.70. The van der Waals surface area contributed by atoms with Crippen LogP contribution in [0.5, 0.6) is 0 Å². The Morgan fingerprint density at radius 3 is 2.26 bits per heavy atom. The smallest absolute Gasteiger partial charge is 0.0916 e. The molecule has 0 heterocycles. The van der Waals surface area contributed by atoms with Gasteiger partial charge in [-0.3, -0.25) is 0 Å². The quantitative estimate of drug-likeness (QED) is 0.843. The number of hydrogen-bond donors (Lipinski definition) is 1. The van der Waals surface area contributed by atoms with E-state index < -0.39 is 21.1 Å². The van der Waals surface area contributed by atoms with E-state index in [0.717, 1.165) is 0 Å². The van der Waals surface area contributed by atoms with Crippen LogP contribution in [0.2, 0.25) is 0 Å². The highest BCUT2D eigenvalue weighted by atomic mass is 32.2. The summed E-state index contributed by atoms with van der Waals surface area (Å²) >= 11 is 0. The van der Waals surface area contributed by atoms with Crippen LogP contribution >= 0.6 is 0 Å². The van der Waals surface area contributed by atoms with E-state index in [0.29, 0.717) is 4.90 Å². The van der Waals surface area contributed by atoms with Crippen molar-refractivity contribution in [2.45, 2.75) is 37.0 Å². The molecule has 0 saturated carbocycles. The van der Waals surface area contributed by atoms with Gasteiger partial charge in [0.2, 0.25) is 0 Å². The Bertz CT molecular complexity index is 528. The molecule has 1 aromatic rings. The molecule has 0 amide bonds. The summed E-state index contributed by atoms with van der Waals surface area (Å²) in [7, 11) is -1.11. The number of rotatable bonds is 5. The van der Waals surface area contributed by atoms with Crippen molar-refractivity contribution in [3.63, 3.8) is 0 Å². The number of allylic oxidation sites excluding steroid dienone is 1. The molecule has 1 aromatic carbocycles. The van der Waals surface area contributed by atoms with Crippen molar-refractivity contribution >= 4 is 9.73 Å². The monoisotopic (exact) mass is 281 g/mol. The van der Waals surface area contributed by atoms with Crippen molar-refractivity contribution in [2.24, 2.45) is 10.3 Å². The summed E-state index contributed by atoms with van der Waals surface area (Å²) in [5, 5.41) is 9.86. The molecule has 0 bridgehead atoms. The van der Waals surface area contributed by atoms with Gasteiger partial charge < -0.3 is 5.11 Å². The summed E-state index contributed by atoms with van der Waals surface area (Å²) in [5.74, 6) is 0.0208. The molecule has 106 valence electrons. The number of hydrogen-bond acceptors (Lipinski definition) is 3. The summed E-state index contributed by atoms with van der Waals surface area (Å²) in [6.07, 6.45) is 2.93. The molecule has 0 radical (unpaired) electrons. The lowest BCUT2D eigenvalue weighted by Gasteiger charge is -2.26. The topological polar surface area (TPSA) is 49.7 Å². The molecule has 3 nitrogen and oxygen atoms in total. The average molecular weight is 281 g/mol. The van der Waals surface area contributed by atoms with E-state index in [9.17, 15) is 9.32 Å². The predicted molar refractivity (Wildman–Crippen MR) is 80.6 cm³/mol. The first-order valence-corrected chi connectivity index (χ1v) is 8.05. The number of aliphatic hydroxyl groups excluding tert-OH is 1. The second kappa shape index (κ2) is 6.87. The van der Waals surface area contributed by atoms with Gasteiger partial charge in [-0.1, -0.05) is 44.2 Å². The summed E-state index contributed by atoms with van der Waals surface area (Å²) in [6, 6.07) is 9.17. The first-order valence-electron chi connectivity index (χ1n) is 6.47. The van der Waals surface area contributed by atoms with Gasteiger partial charge in [-0.15, -0.1) is 0 Å². The van der Waals surface area contributed by atoms with Gasteiger partial charge in [0.15, 0.2) is 0 Å². The van der Waals surface area contributed by atoms with Crippen LogP contribution in [0, 0.1) is 5.92 Å². The largest absolute Gasteiger partial charge is 0.391 e. The molecule has 0 aliphatic carbocycles. The Hall–Kier alpha value is -1.13. The Kier molecular flexibility index (Phi) is 5.76. The van der Waals surface area contributed by atoms with Gasteiger partial charge in [-0.05, 0) is 25.0 Å². The first-order chi connectivity index (χ1) is 8.97. The van der Waals surface area contributed by atoms with Gasteiger partial charge in [0, 0.05) is 11.9 Å². The molecule has 0 fully saturated rings. The maximum absolute atomic E-state index is 13.2. The molecule has 0 aromatic heterocycles. The molecule has 0 saturated heterocycles. The van der Waals surface area contributed by atoms with Crippen LogP contribution in [-0.4, -0.2) is 27.7 Å². The van der Waals surface area contributed by atoms with Gasteiger partial charge in [0.25, 0.3) is 0 Å². The van der Waals surface area contributed by atoms with E-state index in [4.69, 9.17) is 0 Å². The van der Waals surface area contributed by atoms with Crippen LogP contribution in [0.4, 0.5) is 0 Å². The minimum Gasteiger partial charge on any atom is -0.391 e. The maximum atomic E-state index is 13.2. The van der Waals surface area contributed by atoms with E-state index in [1.54, 1.807) is 25.3 Å². The summed E-state index contributed by atoms with van der Waals surface area (Å²) in [5.41, 5.74) is 0. The Balaban J connectivity index is 3.37. The minimum absolute atomic E-state index is 0.0208. The lowest BCUT2D eigenvalue weighted by molar-refractivity contribution is 0.131. The van der Waals surface area contributed by atoms with Gasteiger partial charge in [-0.2, -0.15) is 0 Å². The second-order valence-electron chi connectivity index (χ2n) is 4.79. The van der Waals surface area contributed by atoms with Crippen LogP contribution in [0.25, 0.3) is 0 Å². The average Bonchev–Trinajstić information content (AvgIpc) is 2.44. The van der Waals surface area contributed by atoms with Gasteiger partial charge in [0.05, 0.1) is 21.1 Å². The van der Waals surface area contributed by atoms with Crippen molar-refractivity contribution in [2.75, 3.05) is 7.05 Å². The predicted octanol–water partition coefficient (Wildman–Crippen LogP) is 3.10. The molecule has 1 rings (SSSR count). The van der Waals surface area contributed by atoms with E-state index in [1.807, 2.05) is 45.0 Å². The molecular weight excluding hydrogens is 258 g/mol. The number of nitrogens with zero attached hydrogens (tertiary/aromatic N) is 1. The Morgan fingerprint density at radius 1 is 1.26 bits per heavy atom. The molecule has 0 unspecified atom stereocenters. The van der Waals surface area contributed by atoms with Crippen LogP contribution in [-0.2, 0) is 9.73 Å². The van der Waals surface area contributed by atoms with Crippen molar-refractivity contribution in [3.8, 4) is 0 Å². The first kappa shape index (κ1) is 15.9. The fourth-order valence-corrected chi connectivity index (χ4v) is 4.36. The van der Waals surface area contributed by atoms with E-state index in [2.05, 4.69) is 4.36 Å². The third-order valence-corrected chi connectivity index (χ3v) is 5.79. The Morgan fingerprint density at radius 2 is 1.84 bits per heavy atom. The molecule has 0 spiro atoms. The van der Waals surface area contributed by atoms with E-state index in [1.165, 1.54) is 0 Å². The summed E-state index contributed by atoms with van der Waals surface area (Å²) in [4.78, 5) is 0.667. The van der Waals surface area contributed by atoms with Crippen molar-refractivity contribution in [1.29, 1.82) is 0 Å². The SMILES string of the molecule is C/C=C/[C@H]([C@H](O)C(C)C)[S@](=O)(=NC)c1ccccc1. The molecule has 1 N–H and O–H groups in total. The van der Waals surface area contributed by atoms with Crippen LogP contribution < -0.4 is 0 Å². The van der Waals surface area contributed by atoms with Crippen molar-refractivity contribution < 1.29 is 9.32 Å². The Labute approximate surface area is 116 Å². The van der Waals surface area contributed by atoms with Crippen molar-refractivity contribution in [1.82, 2.24) is 0 Å². The number of aliphatic hydroxyl groups is 1. The van der Waals surface area contributed by atoms with Crippen LogP contribution in [0.1, 0.15) is 20.8 Å². The van der Waals surface area contributed by atoms with Crippen LogP contribution in [0.15, 0.2) is 51.7 Å². The van der Waals surface area contributed by atoms with Gasteiger partial charge in [-0.25, -0.2) is 8.57 Å². The molecular formula is C15H23NO2S. The molecule has 0 aliphatic heterocycles. The third kappa shape index (κ3) is 3.45. The van der Waals surface area contributed by atoms with E-state index in [-0.39, 0.29) is 5.92 Å². The zero-order chi connectivity index (χ0) is 14.5. The second-order valence-corrected chi connectivity index (χ2v) is 7.31.